The van der Waals surface area contributed by atoms with Crippen molar-refractivity contribution in [3.8, 4) is 0 Å². The van der Waals surface area contributed by atoms with Crippen LogP contribution in [0.2, 0.25) is 0 Å². The standard InChI is InChI=1S/C9H11FN6/c1-6(8-15-13-5-16(8)2)14-9-11-3-7(10)4-12-9/h3-6H,1-2H3,(H,11,12,14). The van der Waals surface area contributed by atoms with Crippen molar-refractivity contribution in [2.75, 3.05) is 5.32 Å². The van der Waals surface area contributed by atoms with Crippen LogP contribution in [0.1, 0.15) is 18.8 Å². The van der Waals surface area contributed by atoms with Crippen LogP contribution in [0.25, 0.3) is 0 Å². The van der Waals surface area contributed by atoms with E-state index in [9.17, 15) is 4.39 Å². The highest BCUT2D eigenvalue weighted by Crippen LogP contribution is 2.12. The molecule has 0 amide bonds. The molecular formula is C9H11FN6. The van der Waals surface area contributed by atoms with Gasteiger partial charge in [-0.25, -0.2) is 14.4 Å². The van der Waals surface area contributed by atoms with Crippen LogP contribution < -0.4 is 5.32 Å². The minimum atomic E-state index is -0.461. The Kier molecular flexibility index (Phi) is 2.76. The lowest BCUT2D eigenvalue weighted by atomic mass is 10.3. The third-order valence-corrected chi connectivity index (χ3v) is 2.10. The number of aryl methyl sites for hydroxylation is 1. The molecule has 2 heterocycles. The molecule has 2 aromatic rings. The van der Waals surface area contributed by atoms with E-state index in [-0.39, 0.29) is 6.04 Å². The maximum Gasteiger partial charge on any atom is 0.223 e. The Bertz CT molecular complexity index is 465. The number of rotatable bonds is 3. The van der Waals surface area contributed by atoms with Gasteiger partial charge in [0.25, 0.3) is 0 Å². The van der Waals surface area contributed by atoms with Crippen molar-refractivity contribution in [1.82, 2.24) is 24.7 Å². The number of hydrogen-bond donors (Lipinski definition) is 1. The van der Waals surface area contributed by atoms with Crippen LogP contribution >= 0.6 is 0 Å². The number of hydrogen-bond acceptors (Lipinski definition) is 5. The molecule has 84 valence electrons. The van der Waals surface area contributed by atoms with E-state index in [0.717, 1.165) is 18.2 Å². The lowest BCUT2D eigenvalue weighted by Gasteiger charge is -2.12. The van der Waals surface area contributed by atoms with Gasteiger partial charge in [-0.05, 0) is 6.92 Å². The molecule has 0 aliphatic carbocycles. The first-order valence-corrected chi connectivity index (χ1v) is 4.75. The first-order valence-electron chi connectivity index (χ1n) is 4.75. The van der Waals surface area contributed by atoms with E-state index < -0.39 is 5.82 Å². The molecule has 0 spiro atoms. The van der Waals surface area contributed by atoms with Crippen molar-refractivity contribution in [2.24, 2.45) is 7.05 Å². The van der Waals surface area contributed by atoms with Crippen molar-refractivity contribution in [2.45, 2.75) is 13.0 Å². The first-order chi connectivity index (χ1) is 7.66. The minimum absolute atomic E-state index is 0.0991. The van der Waals surface area contributed by atoms with Gasteiger partial charge in [0.05, 0.1) is 18.4 Å². The summed E-state index contributed by atoms with van der Waals surface area (Å²) in [4.78, 5) is 7.61. The molecule has 0 aromatic carbocycles. The Balaban J connectivity index is 2.10. The Labute approximate surface area is 91.6 Å². The molecule has 0 bridgehead atoms. The number of aromatic nitrogens is 5. The highest BCUT2D eigenvalue weighted by molar-refractivity contribution is 5.25. The summed E-state index contributed by atoms with van der Waals surface area (Å²) in [5.74, 6) is 0.654. The Morgan fingerprint density at radius 2 is 2.06 bits per heavy atom. The second-order valence-electron chi connectivity index (χ2n) is 3.39. The van der Waals surface area contributed by atoms with Gasteiger partial charge in [-0.15, -0.1) is 10.2 Å². The SMILES string of the molecule is CC(Nc1ncc(F)cn1)c1nncn1C. The zero-order chi connectivity index (χ0) is 11.5. The summed E-state index contributed by atoms with van der Waals surface area (Å²) in [6, 6.07) is -0.0991. The third kappa shape index (κ3) is 2.13. The summed E-state index contributed by atoms with van der Waals surface area (Å²) in [6.07, 6.45) is 3.83. The molecule has 16 heavy (non-hydrogen) atoms. The van der Waals surface area contributed by atoms with Gasteiger partial charge in [0.1, 0.15) is 6.33 Å². The Morgan fingerprint density at radius 3 is 2.62 bits per heavy atom. The molecule has 0 radical (unpaired) electrons. The molecule has 0 saturated heterocycles. The van der Waals surface area contributed by atoms with Crippen LogP contribution in [0.15, 0.2) is 18.7 Å². The van der Waals surface area contributed by atoms with Crippen molar-refractivity contribution in [3.05, 3.63) is 30.4 Å². The highest BCUT2D eigenvalue weighted by atomic mass is 19.1. The fourth-order valence-electron chi connectivity index (χ4n) is 1.33. The first kappa shape index (κ1) is 10.5. The van der Waals surface area contributed by atoms with Crippen LogP contribution in [0.4, 0.5) is 10.3 Å². The van der Waals surface area contributed by atoms with Crippen LogP contribution in [0, 0.1) is 5.82 Å². The van der Waals surface area contributed by atoms with Crippen LogP contribution in [-0.4, -0.2) is 24.7 Å². The van der Waals surface area contributed by atoms with Gasteiger partial charge in [0, 0.05) is 7.05 Å². The molecule has 1 unspecified atom stereocenters. The second kappa shape index (κ2) is 4.21. The third-order valence-electron chi connectivity index (χ3n) is 2.10. The minimum Gasteiger partial charge on any atom is -0.344 e. The number of anilines is 1. The van der Waals surface area contributed by atoms with Gasteiger partial charge in [0.2, 0.25) is 5.95 Å². The molecule has 0 saturated carbocycles. The van der Waals surface area contributed by atoms with Gasteiger partial charge < -0.3 is 9.88 Å². The molecule has 7 heteroatoms. The fourth-order valence-corrected chi connectivity index (χ4v) is 1.33. The molecule has 6 nitrogen and oxygen atoms in total. The van der Waals surface area contributed by atoms with Gasteiger partial charge in [0.15, 0.2) is 11.6 Å². The molecule has 1 N–H and O–H groups in total. The average molecular weight is 222 g/mol. The molecule has 0 fully saturated rings. The van der Waals surface area contributed by atoms with E-state index in [2.05, 4.69) is 25.5 Å². The Hall–Kier alpha value is -2.05. The van der Waals surface area contributed by atoms with Crippen molar-refractivity contribution < 1.29 is 4.39 Å². The van der Waals surface area contributed by atoms with E-state index in [1.165, 1.54) is 0 Å². The van der Waals surface area contributed by atoms with Crippen LogP contribution in [-0.2, 0) is 7.05 Å². The van der Waals surface area contributed by atoms with E-state index in [4.69, 9.17) is 0 Å². The van der Waals surface area contributed by atoms with Crippen LogP contribution in [0.5, 0.6) is 0 Å². The maximum atomic E-state index is 12.6. The van der Waals surface area contributed by atoms with Crippen molar-refractivity contribution in [1.29, 1.82) is 0 Å². The van der Waals surface area contributed by atoms with Crippen molar-refractivity contribution >= 4 is 5.95 Å². The summed E-state index contributed by atoms with van der Waals surface area (Å²) in [5, 5.41) is 10.7. The summed E-state index contributed by atoms with van der Waals surface area (Å²) in [7, 11) is 1.85. The Morgan fingerprint density at radius 1 is 1.38 bits per heavy atom. The average Bonchev–Trinajstić information content (AvgIpc) is 2.68. The molecule has 2 rings (SSSR count). The smallest absolute Gasteiger partial charge is 0.223 e. The van der Waals surface area contributed by atoms with Gasteiger partial charge in [-0.2, -0.15) is 0 Å². The predicted octanol–water partition coefficient (Wildman–Crippen LogP) is 0.917. The monoisotopic (exact) mass is 222 g/mol. The molecule has 1 atom stereocenters. The zero-order valence-electron chi connectivity index (χ0n) is 8.92. The van der Waals surface area contributed by atoms with E-state index in [1.807, 2.05) is 14.0 Å². The van der Waals surface area contributed by atoms with Gasteiger partial charge >= 0.3 is 0 Å². The van der Waals surface area contributed by atoms with E-state index in [1.54, 1.807) is 10.9 Å². The molecule has 0 aliphatic rings. The largest absolute Gasteiger partial charge is 0.344 e. The number of halogens is 1. The zero-order valence-corrected chi connectivity index (χ0v) is 8.92. The summed E-state index contributed by atoms with van der Waals surface area (Å²) >= 11 is 0. The van der Waals surface area contributed by atoms with Gasteiger partial charge in [-0.1, -0.05) is 0 Å². The molecule has 0 aliphatic heterocycles. The highest BCUT2D eigenvalue weighted by Gasteiger charge is 2.11. The number of nitrogens with zero attached hydrogens (tertiary/aromatic N) is 5. The topological polar surface area (TPSA) is 68.5 Å². The van der Waals surface area contributed by atoms with Crippen molar-refractivity contribution in [3.63, 3.8) is 0 Å². The maximum absolute atomic E-state index is 12.6. The molecular weight excluding hydrogens is 211 g/mol. The number of nitrogens with one attached hydrogen (secondary N) is 1. The van der Waals surface area contributed by atoms with Crippen LogP contribution in [0.3, 0.4) is 0 Å². The summed E-state index contributed by atoms with van der Waals surface area (Å²) in [6.45, 7) is 1.90. The summed E-state index contributed by atoms with van der Waals surface area (Å²) < 4.78 is 14.4. The van der Waals surface area contributed by atoms with E-state index in [0.29, 0.717) is 5.95 Å². The molecule has 2 aromatic heterocycles. The van der Waals surface area contributed by atoms with E-state index >= 15 is 0 Å². The quantitative estimate of drug-likeness (QED) is 0.836. The second-order valence-corrected chi connectivity index (χ2v) is 3.39. The lowest BCUT2D eigenvalue weighted by Crippen LogP contribution is -2.13. The summed E-state index contributed by atoms with van der Waals surface area (Å²) in [5.41, 5.74) is 0. The lowest BCUT2D eigenvalue weighted by molar-refractivity contribution is 0.612. The van der Waals surface area contributed by atoms with Gasteiger partial charge in [-0.3, -0.25) is 0 Å². The fraction of sp³-hybridized carbons (Fsp3) is 0.333. The normalized spacial score (nSPS) is 12.4. The predicted molar refractivity (Wildman–Crippen MR) is 55.0 cm³/mol.